The Hall–Kier alpha value is -2.54. The first-order valence-corrected chi connectivity index (χ1v) is 7.82. The summed E-state index contributed by atoms with van der Waals surface area (Å²) in [5, 5.41) is 5.22. The number of furan rings is 1. The van der Waals surface area contributed by atoms with E-state index >= 15 is 0 Å². The lowest BCUT2D eigenvalue weighted by Gasteiger charge is -2.15. The standard InChI is InChI=1S/C17H19FN2O4/c18-12-5-6-16(24-11-14-4-2-8-23-14)15(9-12)20-17(21)19-10-13-3-1-7-22-13/h1,3,5-7,9,14H,2,4,8,10-11H2,(H2,19,20,21). The minimum atomic E-state index is -0.473. The van der Waals surface area contributed by atoms with E-state index in [4.69, 9.17) is 13.9 Å². The van der Waals surface area contributed by atoms with E-state index < -0.39 is 11.8 Å². The molecule has 2 N–H and O–H groups in total. The van der Waals surface area contributed by atoms with Gasteiger partial charge in [0.1, 0.15) is 23.9 Å². The molecule has 1 saturated heterocycles. The summed E-state index contributed by atoms with van der Waals surface area (Å²) < 4.78 is 29.8. The van der Waals surface area contributed by atoms with Gasteiger partial charge in [-0.25, -0.2) is 9.18 Å². The van der Waals surface area contributed by atoms with E-state index in [-0.39, 0.29) is 18.3 Å². The molecule has 1 aliphatic rings. The second-order valence-electron chi connectivity index (χ2n) is 5.47. The molecule has 2 aromatic rings. The highest BCUT2D eigenvalue weighted by molar-refractivity contribution is 5.90. The van der Waals surface area contributed by atoms with E-state index in [1.54, 1.807) is 12.1 Å². The fourth-order valence-corrected chi connectivity index (χ4v) is 2.43. The van der Waals surface area contributed by atoms with Crippen LogP contribution in [0.5, 0.6) is 5.75 Å². The number of carbonyl (C=O) groups excluding carboxylic acids is 1. The molecule has 7 heteroatoms. The van der Waals surface area contributed by atoms with Crippen molar-refractivity contribution >= 4 is 11.7 Å². The van der Waals surface area contributed by atoms with Crippen molar-refractivity contribution in [3.8, 4) is 5.75 Å². The summed E-state index contributed by atoms with van der Waals surface area (Å²) in [6, 6.07) is 7.01. The van der Waals surface area contributed by atoms with Crippen LogP contribution in [0, 0.1) is 5.82 Å². The van der Waals surface area contributed by atoms with Gasteiger partial charge in [0.15, 0.2) is 0 Å². The Bertz CT molecular complexity index is 669. The smallest absolute Gasteiger partial charge is 0.319 e. The summed E-state index contributed by atoms with van der Waals surface area (Å²) in [5.41, 5.74) is 0.268. The van der Waals surface area contributed by atoms with Crippen LogP contribution in [-0.2, 0) is 11.3 Å². The number of ether oxygens (including phenoxy) is 2. The molecule has 1 aromatic carbocycles. The highest BCUT2D eigenvalue weighted by Gasteiger charge is 2.17. The SMILES string of the molecule is O=C(NCc1ccco1)Nc1cc(F)ccc1OCC1CCCO1. The Balaban J connectivity index is 1.58. The molecule has 24 heavy (non-hydrogen) atoms. The molecule has 128 valence electrons. The number of hydrogen-bond acceptors (Lipinski definition) is 4. The molecule has 0 radical (unpaired) electrons. The zero-order valence-electron chi connectivity index (χ0n) is 13.1. The third-order valence-electron chi connectivity index (χ3n) is 3.64. The van der Waals surface area contributed by atoms with Crippen LogP contribution < -0.4 is 15.4 Å². The molecule has 2 amide bonds. The fraction of sp³-hybridized carbons (Fsp3) is 0.353. The summed E-state index contributed by atoms with van der Waals surface area (Å²) >= 11 is 0. The van der Waals surface area contributed by atoms with Crippen LogP contribution in [0.15, 0.2) is 41.0 Å². The summed E-state index contributed by atoms with van der Waals surface area (Å²) in [4.78, 5) is 12.0. The van der Waals surface area contributed by atoms with Crippen LogP contribution in [0.3, 0.4) is 0 Å². The highest BCUT2D eigenvalue weighted by Crippen LogP contribution is 2.26. The van der Waals surface area contributed by atoms with Gasteiger partial charge < -0.3 is 24.5 Å². The number of benzene rings is 1. The van der Waals surface area contributed by atoms with E-state index in [0.29, 0.717) is 18.1 Å². The summed E-state index contributed by atoms with van der Waals surface area (Å²) in [7, 11) is 0. The van der Waals surface area contributed by atoms with Crippen LogP contribution >= 0.6 is 0 Å². The molecular formula is C17H19FN2O4. The van der Waals surface area contributed by atoms with Gasteiger partial charge in [-0.1, -0.05) is 0 Å². The first-order chi connectivity index (χ1) is 11.7. The van der Waals surface area contributed by atoms with Crippen molar-refractivity contribution in [1.29, 1.82) is 0 Å². The van der Waals surface area contributed by atoms with Crippen molar-refractivity contribution < 1.29 is 23.1 Å². The maximum Gasteiger partial charge on any atom is 0.319 e. The van der Waals surface area contributed by atoms with Crippen molar-refractivity contribution in [2.24, 2.45) is 0 Å². The molecule has 3 rings (SSSR count). The molecular weight excluding hydrogens is 315 g/mol. The predicted octanol–water partition coefficient (Wildman–Crippen LogP) is 3.30. The Morgan fingerprint density at radius 1 is 1.38 bits per heavy atom. The minimum Gasteiger partial charge on any atom is -0.489 e. The Morgan fingerprint density at radius 3 is 3.04 bits per heavy atom. The first kappa shape index (κ1) is 16.3. The summed E-state index contributed by atoms with van der Waals surface area (Å²) in [5.74, 6) is 0.570. The number of anilines is 1. The highest BCUT2D eigenvalue weighted by atomic mass is 19.1. The average molecular weight is 334 g/mol. The van der Waals surface area contributed by atoms with Gasteiger partial charge in [0, 0.05) is 12.7 Å². The van der Waals surface area contributed by atoms with Crippen molar-refractivity contribution in [1.82, 2.24) is 5.32 Å². The lowest BCUT2D eigenvalue weighted by Crippen LogP contribution is -2.28. The molecule has 1 aromatic heterocycles. The Morgan fingerprint density at radius 2 is 2.29 bits per heavy atom. The number of halogens is 1. The maximum atomic E-state index is 13.5. The lowest BCUT2D eigenvalue weighted by molar-refractivity contribution is 0.0682. The van der Waals surface area contributed by atoms with Crippen molar-refractivity contribution in [3.63, 3.8) is 0 Å². The number of carbonyl (C=O) groups is 1. The van der Waals surface area contributed by atoms with Crippen LogP contribution in [0.4, 0.5) is 14.9 Å². The minimum absolute atomic E-state index is 0.0377. The van der Waals surface area contributed by atoms with Gasteiger partial charge in [-0.2, -0.15) is 0 Å². The second-order valence-corrected chi connectivity index (χ2v) is 5.47. The number of amides is 2. The molecule has 1 atom stereocenters. The number of nitrogens with one attached hydrogen (secondary N) is 2. The van der Waals surface area contributed by atoms with Crippen molar-refractivity contribution in [2.75, 3.05) is 18.5 Å². The van der Waals surface area contributed by atoms with Crippen LogP contribution in [0.1, 0.15) is 18.6 Å². The van der Waals surface area contributed by atoms with Crippen LogP contribution in [0.25, 0.3) is 0 Å². The van der Waals surface area contributed by atoms with Crippen molar-refractivity contribution in [2.45, 2.75) is 25.5 Å². The number of rotatable bonds is 6. The number of hydrogen-bond donors (Lipinski definition) is 2. The van der Waals surface area contributed by atoms with E-state index in [9.17, 15) is 9.18 Å². The first-order valence-electron chi connectivity index (χ1n) is 7.82. The van der Waals surface area contributed by atoms with Crippen LogP contribution in [-0.4, -0.2) is 25.3 Å². The fourth-order valence-electron chi connectivity index (χ4n) is 2.43. The molecule has 0 aliphatic carbocycles. The average Bonchev–Trinajstić information content (AvgIpc) is 3.26. The zero-order chi connectivity index (χ0) is 16.8. The van der Waals surface area contributed by atoms with Gasteiger partial charge in [-0.15, -0.1) is 0 Å². The van der Waals surface area contributed by atoms with Gasteiger partial charge in [-0.05, 0) is 37.1 Å². The van der Waals surface area contributed by atoms with E-state index in [2.05, 4.69) is 10.6 Å². The topological polar surface area (TPSA) is 72.7 Å². The predicted molar refractivity (Wildman–Crippen MR) is 85.4 cm³/mol. The van der Waals surface area contributed by atoms with Crippen molar-refractivity contribution in [3.05, 3.63) is 48.2 Å². The molecule has 2 heterocycles. The number of urea groups is 1. The lowest BCUT2D eigenvalue weighted by atomic mass is 10.2. The molecule has 0 spiro atoms. The molecule has 6 nitrogen and oxygen atoms in total. The van der Waals surface area contributed by atoms with Gasteiger partial charge in [0.05, 0.1) is 24.6 Å². The third kappa shape index (κ3) is 4.48. The Labute approximate surface area is 138 Å². The largest absolute Gasteiger partial charge is 0.489 e. The molecule has 1 unspecified atom stereocenters. The zero-order valence-corrected chi connectivity index (χ0v) is 13.1. The summed E-state index contributed by atoms with van der Waals surface area (Å²) in [6.07, 6.45) is 3.51. The third-order valence-corrected chi connectivity index (χ3v) is 3.64. The second kappa shape index (κ2) is 7.83. The quantitative estimate of drug-likeness (QED) is 0.850. The monoisotopic (exact) mass is 334 g/mol. The molecule has 0 bridgehead atoms. The van der Waals surface area contributed by atoms with Gasteiger partial charge in [-0.3, -0.25) is 0 Å². The summed E-state index contributed by atoms with van der Waals surface area (Å²) in [6.45, 7) is 1.34. The molecule has 1 fully saturated rings. The molecule has 1 aliphatic heterocycles. The Kier molecular flexibility index (Phi) is 5.32. The van der Waals surface area contributed by atoms with E-state index in [1.807, 2.05) is 0 Å². The van der Waals surface area contributed by atoms with E-state index in [0.717, 1.165) is 19.4 Å². The van der Waals surface area contributed by atoms with Gasteiger partial charge in [0.25, 0.3) is 0 Å². The van der Waals surface area contributed by atoms with E-state index in [1.165, 1.54) is 24.5 Å². The van der Waals surface area contributed by atoms with Crippen LogP contribution in [0.2, 0.25) is 0 Å². The normalized spacial score (nSPS) is 16.8. The molecule has 0 saturated carbocycles. The van der Waals surface area contributed by atoms with Gasteiger partial charge >= 0.3 is 6.03 Å². The van der Waals surface area contributed by atoms with Gasteiger partial charge in [0.2, 0.25) is 0 Å². The maximum absolute atomic E-state index is 13.5.